The summed E-state index contributed by atoms with van der Waals surface area (Å²) in [5.74, 6) is 2.96. The molecule has 126 valence electrons. The van der Waals surface area contributed by atoms with Crippen molar-refractivity contribution < 1.29 is 0 Å². The van der Waals surface area contributed by atoms with Gasteiger partial charge in [0.15, 0.2) is 0 Å². The second-order valence-corrected chi connectivity index (χ2v) is 5.98. The molecule has 0 bridgehead atoms. The van der Waals surface area contributed by atoms with E-state index in [4.69, 9.17) is 0 Å². The molecule has 6 nitrogen and oxygen atoms in total. The van der Waals surface area contributed by atoms with E-state index in [1.165, 1.54) is 5.56 Å². The molecule has 3 rings (SSSR count). The topological polar surface area (TPSA) is 60.6 Å². The molecule has 0 fully saturated rings. The van der Waals surface area contributed by atoms with E-state index in [1.54, 1.807) is 0 Å². The molecule has 0 aliphatic carbocycles. The first-order valence-corrected chi connectivity index (χ1v) is 8.31. The molecule has 2 aromatic heterocycles. The first-order valence-electron chi connectivity index (χ1n) is 8.31. The van der Waals surface area contributed by atoms with Crippen LogP contribution in [0.25, 0.3) is 5.69 Å². The lowest BCUT2D eigenvalue weighted by atomic mass is 10.1. The van der Waals surface area contributed by atoms with E-state index in [-0.39, 0.29) is 6.04 Å². The maximum atomic E-state index is 4.27. The van der Waals surface area contributed by atoms with E-state index >= 15 is 0 Å². The number of imidazole rings is 1. The summed E-state index contributed by atoms with van der Waals surface area (Å²) in [5.41, 5.74) is 2.37. The SMILES string of the molecule is CCc1nnc(CNC(C)c2ccc(-n3ccnc3C)cc2)n1C. The fraction of sp³-hybridized carbons (Fsp3) is 0.389. The average molecular weight is 324 g/mol. The van der Waals surface area contributed by atoms with E-state index in [2.05, 4.69) is 67.7 Å². The van der Waals surface area contributed by atoms with E-state index in [9.17, 15) is 0 Å². The number of hydrogen-bond donors (Lipinski definition) is 1. The molecule has 1 aromatic carbocycles. The molecule has 6 heteroatoms. The Morgan fingerprint density at radius 3 is 2.42 bits per heavy atom. The molecule has 3 aromatic rings. The average Bonchev–Trinajstić information content (AvgIpc) is 3.18. The molecule has 0 aliphatic heterocycles. The second kappa shape index (κ2) is 6.97. The van der Waals surface area contributed by atoms with E-state index in [0.717, 1.165) is 29.6 Å². The summed E-state index contributed by atoms with van der Waals surface area (Å²) in [4.78, 5) is 4.27. The molecule has 2 heterocycles. The van der Waals surface area contributed by atoms with Gasteiger partial charge in [0.25, 0.3) is 0 Å². The molecule has 0 amide bonds. The van der Waals surface area contributed by atoms with Gasteiger partial charge in [0.2, 0.25) is 0 Å². The number of aromatic nitrogens is 5. The fourth-order valence-electron chi connectivity index (χ4n) is 2.80. The van der Waals surface area contributed by atoms with Gasteiger partial charge in [-0.2, -0.15) is 0 Å². The number of benzene rings is 1. The van der Waals surface area contributed by atoms with Gasteiger partial charge in [0.05, 0.1) is 6.54 Å². The quantitative estimate of drug-likeness (QED) is 0.757. The Bertz CT molecular complexity index is 799. The third-order valence-electron chi connectivity index (χ3n) is 4.43. The van der Waals surface area contributed by atoms with Gasteiger partial charge in [-0.1, -0.05) is 19.1 Å². The van der Waals surface area contributed by atoms with Crippen LogP contribution in [0, 0.1) is 6.92 Å². The van der Waals surface area contributed by atoms with Crippen molar-refractivity contribution in [2.45, 2.75) is 39.8 Å². The first kappa shape index (κ1) is 16.4. The Morgan fingerprint density at radius 2 is 1.83 bits per heavy atom. The molecule has 0 saturated heterocycles. The summed E-state index contributed by atoms with van der Waals surface area (Å²) >= 11 is 0. The largest absolute Gasteiger partial charge is 0.317 e. The highest BCUT2D eigenvalue weighted by Crippen LogP contribution is 2.17. The number of hydrogen-bond acceptors (Lipinski definition) is 4. The molecule has 1 unspecified atom stereocenters. The second-order valence-electron chi connectivity index (χ2n) is 5.98. The van der Waals surface area contributed by atoms with Gasteiger partial charge in [-0.25, -0.2) is 4.98 Å². The van der Waals surface area contributed by atoms with Crippen molar-refractivity contribution in [2.75, 3.05) is 0 Å². The number of nitrogens with one attached hydrogen (secondary N) is 1. The van der Waals surface area contributed by atoms with Crippen molar-refractivity contribution in [3.63, 3.8) is 0 Å². The molecule has 0 aliphatic rings. The van der Waals surface area contributed by atoms with Crippen LogP contribution in [0.5, 0.6) is 0 Å². The zero-order valence-electron chi connectivity index (χ0n) is 14.7. The van der Waals surface area contributed by atoms with Gasteiger partial charge in [0.1, 0.15) is 17.5 Å². The van der Waals surface area contributed by atoms with E-state index in [0.29, 0.717) is 6.54 Å². The van der Waals surface area contributed by atoms with Crippen LogP contribution < -0.4 is 5.32 Å². The summed E-state index contributed by atoms with van der Waals surface area (Å²) in [5, 5.41) is 12.0. The van der Waals surface area contributed by atoms with Crippen LogP contribution in [0.15, 0.2) is 36.7 Å². The minimum absolute atomic E-state index is 0.240. The van der Waals surface area contributed by atoms with Crippen LogP contribution in [0.3, 0.4) is 0 Å². The normalized spacial score (nSPS) is 12.5. The minimum Gasteiger partial charge on any atom is -0.317 e. The lowest BCUT2D eigenvalue weighted by Gasteiger charge is -2.15. The third-order valence-corrected chi connectivity index (χ3v) is 4.43. The lowest BCUT2D eigenvalue weighted by Crippen LogP contribution is -2.20. The highest BCUT2D eigenvalue weighted by Gasteiger charge is 2.10. The van der Waals surface area contributed by atoms with E-state index < -0.39 is 0 Å². The van der Waals surface area contributed by atoms with Crippen LogP contribution in [0.4, 0.5) is 0 Å². The van der Waals surface area contributed by atoms with Crippen molar-refractivity contribution in [3.05, 3.63) is 59.7 Å². The van der Waals surface area contributed by atoms with Gasteiger partial charge < -0.3 is 14.5 Å². The zero-order chi connectivity index (χ0) is 17.1. The van der Waals surface area contributed by atoms with Gasteiger partial charge in [0, 0.05) is 37.6 Å². The predicted molar refractivity (Wildman–Crippen MR) is 93.9 cm³/mol. The minimum atomic E-state index is 0.240. The fourth-order valence-corrected chi connectivity index (χ4v) is 2.80. The molecule has 0 spiro atoms. The molecule has 1 atom stereocenters. The van der Waals surface area contributed by atoms with E-state index in [1.807, 2.05) is 26.4 Å². The number of aryl methyl sites for hydroxylation is 2. The summed E-state index contributed by atoms with van der Waals surface area (Å²) < 4.78 is 4.14. The predicted octanol–water partition coefficient (Wildman–Crippen LogP) is 2.72. The summed E-state index contributed by atoms with van der Waals surface area (Å²) in [6.45, 7) is 6.96. The Hall–Kier alpha value is -2.47. The Morgan fingerprint density at radius 1 is 1.12 bits per heavy atom. The first-order chi connectivity index (χ1) is 11.6. The summed E-state index contributed by atoms with van der Waals surface area (Å²) in [6, 6.07) is 8.80. The van der Waals surface area contributed by atoms with Crippen molar-refractivity contribution in [2.24, 2.45) is 7.05 Å². The molecule has 0 radical (unpaired) electrons. The van der Waals surface area contributed by atoms with Gasteiger partial charge in [-0.3, -0.25) is 0 Å². The van der Waals surface area contributed by atoms with Gasteiger partial charge in [-0.15, -0.1) is 10.2 Å². The third kappa shape index (κ3) is 3.23. The van der Waals surface area contributed by atoms with Crippen molar-refractivity contribution in [1.82, 2.24) is 29.6 Å². The van der Waals surface area contributed by atoms with Gasteiger partial charge >= 0.3 is 0 Å². The molecular formula is C18H24N6. The monoisotopic (exact) mass is 324 g/mol. The maximum absolute atomic E-state index is 4.27. The highest BCUT2D eigenvalue weighted by atomic mass is 15.3. The number of rotatable bonds is 6. The van der Waals surface area contributed by atoms with Crippen LogP contribution in [0.2, 0.25) is 0 Å². The van der Waals surface area contributed by atoms with Crippen LogP contribution in [-0.2, 0) is 20.0 Å². The van der Waals surface area contributed by atoms with Crippen molar-refractivity contribution >= 4 is 0 Å². The smallest absolute Gasteiger partial charge is 0.146 e. The van der Waals surface area contributed by atoms with Crippen molar-refractivity contribution in [3.8, 4) is 5.69 Å². The lowest BCUT2D eigenvalue weighted by molar-refractivity contribution is 0.546. The van der Waals surface area contributed by atoms with Crippen LogP contribution in [0.1, 0.15) is 42.9 Å². The maximum Gasteiger partial charge on any atom is 0.146 e. The molecule has 24 heavy (non-hydrogen) atoms. The standard InChI is InChI=1S/C18H24N6/c1-5-17-21-22-18(23(17)4)12-20-13(2)15-6-8-16(9-7-15)24-11-10-19-14(24)3/h6-11,13,20H,5,12H2,1-4H3. The number of nitrogens with zero attached hydrogens (tertiary/aromatic N) is 5. The molecule has 0 saturated carbocycles. The Balaban J connectivity index is 1.66. The molecule has 1 N–H and O–H groups in total. The zero-order valence-corrected chi connectivity index (χ0v) is 14.7. The summed E-state index contributed by atoms with van der Waals surface area (Å²) in [6.07, 6.45) is 4.69. The van der Waals surface area contributed by atoms with Gasteiger partial charge in [-0.05, 0) is 31.5 Å². The molecular weight excluding hydrogens is 300 g/mol. The Kier molecular flexibility index (Phi) is 4.76. The van der Waals surface area contributed by atoms with Crippen LogP contribution >= 0.6 is 0 Å². The van der Waals surface area contributed by atoms with Crippen molar-refractivity contribution in [1.29, 1.82) is 0 Å². The van der Waals surface area contributed by atoms with Crippen LogP contribution in [-0.4, -0.2) is 24.3 Å². The summed E-state index contributed by atoms with van der Waals surface area (Å²) in [7, 11) is 2.02. The highest BCUT2D eigenvalue weighted by molar-refractivity contribution is 5.36. The Labute approximate surface area is 142 Å².